The van der Waals surface area contributed by atoms with Gasteiger partial charge in [0, 0.05) is 32.6 Å². The van der Waals surface area contributed by atoms with Crippen LogP contribution in [0.15, 0.2) is 47.6 Å². The summed E-state index contributed by atoms with van der Waals surface area (Å²) in [6.45, 7) is 2.28. The summed E-state index contributed by atoms with van der Waals surface area (Å²) in [4.78, 5) is 17.8. The lowest BCUT2D eigenvalue weighted by Gasteiger charge is -2.22. The Labute approximate surface area is 153 Å². The molecule has 2 aromatic carbocycles. The van der Waals surface area contributed by atoms with Crippen molar-refractivity contribution in [2.24, 2.45) is 11.1 Å². The van der Waals surface area contributed by atoms with Gasteiger partial charge in [0.05, 0.1) is 5.71 Å². The van der Waals surface area contributed by atoms with Crippen molar-refractivity contribution in [3.05, 3.63) is 48.0 Å². The molecule has 1 amide bonds. The minimum Gasteiger partial charge on any atom is -0.382 e. The molecule has 1 atom stereocenters. The van der Waals surface area contributed by atoms with Gasteiger partial charge in [-0.15, -0.1) is 0 Å². The van der Waals surface area contributed by atoms with E-state index in [2.05, 4.69) is 40.8 Å². The number of hydrogen-bond acceptors (Lipinski definition) is 4. The van der Waals surface area contributed by atoms with Crippen LogP contribution in [0.1, 0.15) is 24.8 Å². The van der Waals surface area contributed by atoms with Crippen LogP contribution in [0.25, 0.3) is 10.8 Å². The predicted octanol–water partition coefficient (Wildman–Crippen LogP) is 3.07. The Kier molecular flexibility index (Phi) is 5.16. The van der Waals surface area contributed by atoms with Gasteiger partial charge in [-0.05, 0) is 35.1 Å². The standard InChI is InChI=1S/C21H24N2O3/c24-21(22-14-15-8-10-25-11-9-15)20-13-18(23-26-20)12-17-6-3-5-16-4-1-2-7-19(16)17/h1-7,15,20H,8-14H2,(H,22,24)/t20-/m0/s1. The average molecular weight is 352 g/mol. The number of fused-ring (bicyclic) bond motifs is 1. The van der Waals surface area contributed by atoms with Gasteiger partial charge in [-0.3, -0.25) is 4.79 Å². The Hall–Kier alpha value is -2.40. The highest BCUT2D eigenvalue weighted by Crippen LogP contribution is 2.22. The summed E-state index contributed by atoms with van der Waals surface area (Å²) in [7, 11) is 0. The monoisotopic (exact) mass is 352 g/mol. The number of nitrogens with zero attached hydrogens (tertiary/aromatic N) is 1. The zero-order valence-corrected chi connectivity index (χ0v) is 14.8. The van der Waals surface area contributed by atoms with E-state index < -0.39 is 6.10 Å². The van der Waals surface area contributed by atoms with Crippen LogP contribution >= 0.6 is 0 Å². The molecule has 2 aliphatic heterocycles. The summed E-state index contributed by atoms with van der Waals surface area (Å²) in [6.07, 6.45) is 2.79. The summed E-state index contributed by atoms with van der Waals surface area (Å²) in [5.41, 5.74) is 2.14. The number of oxime groups is 1. The molecule has 136 valence electrons. The Morgan fingerprint density at radius 1 is 1.12 bits per heavy atom. The Balaban J connectivity index is 1.32. The van der Waals surface area contributed by atoms with Crippen molar-refractivity contribution < 1.29 is 14.4 Å². The summed E-state index contributed by atoms with van der Waals surface area (Å²) < 4.78 is 5.35. The number of amides is 1. The molecule has 1 N–H and O–H groups in total. The summed E-state index contributed by atoms with van der Waals surface area (Å²) >= 11 is 0. The number of ether oxygens (including phenoxy) is 1. The molecule has 0 unspecified atom stereocenters. The molecule has 1 fully saturated rings. The third-order valence-electron chi connectivity index (χ3n) is 5.20. The van der Waals surface area contributed by atoms with Crippen molar-refractivity contribution in [1.29, 1.82) is 0 Å². The first kappa shape index (κ1) is 17.0. The van der Waals surface area contributed by atoms with Gasteiger partial charge < -0.3 is 14.9 Å². The van der Waals surface area contributed by atoms with Crippen LogP contribution in [0.3, 0.4) is 0 Å². The molecule has 0 spiro atoms. The fourth-order valence-electron chi connectivity index (χ4n) is 3.65. The fraction of sp³-hybridized carbons (Fsp3) is 0.429. The molecule has 5 nitrogen and oxygen atoms in total. The van der Waals surface area contributed by atoms with Crippen LogP contribution in [-0.4, -0.2) is 37.5 Å². The number of nitrogens with one attached hydrogen (secondary N) is 1. The molecular weight excluding hydrogens is 328 g/mol. The second-order valence-corrected chi connectivity index (χ2v) is 7.07. The largest absolute Gasteiger partial charge is 0.382 e. The van der Waals surface area contributed by atoms with Crippen LogP contribution in [0.5, 0.6) is 0 Å². The van der Waals surface area contributed by atoms with E-state index in [-0.39, 0.29) is 5.91 Å². The van der Waals surface area contributed by atoms with Gasteiger partial charge in [-0.25, -0.2) is 0 Å². The van der Waals surface area contributed by atoms with E-state index in [1.54, 1.807) is 0 Å². The second kappa shape index (κ2) is 7.87. The molecule has 5 heteroatoms. The van der Waals surface area contributed by atoms with Gasteiger partial charge in [-0.1, -0.05) is 47.6 Å². The van der Waals surface area contributed by atoms with Gasteiger partial charge in [0.2, 0.25) is 6.10 Å². The first-order valence-electron chi connectivity index (χ1n) is 9.33. The van der Waals surface area contributed by atoms with Gasteiger partial charge in [0.1, 0.15) is 0 Å². The molecule has 4 rings (SSSR count). The quantitative estimate of drug-likeness (QED) is 0.900. The van der Waals surface area contributed by atoms with E-state index >= 15 is 0 Å². The third-order valence-corrected chi connectivity index (χ3v) is 5.20. The van der Waals surface area contributed by atoms with Crippen molar-refractivity contribution in [3.8, 4) is 0 Å². The number of rotatable bonds is 5. The maximum Gasteiger partial charge on any atom is 0.264 e. The SMILES string of the molecule is O=C(NCC1CCOCC1)[C@@H]1CC(Cc2cccc3ccccc23)=NO1. The molecule has 0 radical (unpaired) electrons. The van der Waals surface area contributed by atoms with Crippen LogP contribution in [0.2, 0.25) is 0 Å². The van der Waals surface area contributed by atoms with Crippen LogP contribution in [0, 0.1) is 5.92 Å². The number of benzene rings is 2. The smallest absolute Gasteiger partial charge is 0.264 e. The number of hydrogen-bond donors (Lipinski definition) is 1. The van der Waals surface area contributed by atoms with Crippen molar-refractivity contribution in [2.45, 2.75) is 31.8 Å². The molecule has 2 heterocycles. The first-order valence-corrected chi connectivity index (χ1v) is 9.33. The lowest BCUT2D eigenvalue weighted by molar-refractivity contribution is -0.131. The highest BCUT2D eigenvalue weighted by molar-refractivity contribution is 5.96. The molecule has 2 aromatic rings. The summed E-state index contributed by atoms with van der Waals surface area (Å²) in [6, 6.07) is 14.6. The topological polar surface area (TPSA) is 59.9 Å². The Morgan fingerprint density at radius 3 is 2.81 bits per heavy atom. The van der Waals surface area contributed by atoms with Crippen LogP contribution in [-0.2, 0) is 20.8 Å². The lowest BCUT2D eigenvalue weighted by atomic mass is 9.98. The van der Waals surface area contributed by atoms with E-state index in [0.717, 1.165) is 31.8 Å². The average Bonchev–Trinajstić information content (AvgIpc) is 3.16. The maximum absolute atomic E-state index is 12.4. The van der Waals surface area contributed by atoms with E-state index in [1.165, 1.54) is 16.3 Å². The van der Waals surface area contributed by atoms with Gasteiger partial charge >= 0.3 is 0 Å². The molecule has 2 aliphatic rings. The van der Waals surface area contributed by atoms with Crippen molar-refractivity contribution in [1.82, 2.24) is 5.32 Å². The Bertz CT molecular complexity index is 807. The zero-order valence-electron chi connectivity index (χ0n) is 14.8. The number of carbonyl (C=O) groups excluding carboxylic acids is 1. The van der Waals surface area contributed by atoms with Crippen LogP contribution in [0.4, 0.5) is 0 Å². The highest BCUT2D eigenvalue weighted by atomic mass is 16.6. The zero-order chi connectivity index (χ0) is 17.8. The third kappa shape index (κ3) is 3.88. The molecule has 0 aliphatic carbocycles. The lowest BCUT2D eigenvalue weighted by Crippen LogP contribution is -2.38. The predicted molar refractivity (Wildman–Crippen MR) is 101 cm³/mol. The van der Waals surface area contributed by atoms with E-state index in [9.17, 15) is 4.79 Å². The van der Waals surface area contributed by atoms with Crippen molar-refractivity contribution in [2.75, 3.05) is 19.8 Å². The maximum atomic E-state index is 12.4. The normalized spacial score (nSPS) is 20.6. The molecule has 26 heavy (non-hydrogen) atoms. The molecule has 0 bridgehead atoms. The number of carbonyl (C=O) groups is 1. The molecule has 1 saturated heterocycles. The summed E-state index contributed by atoms with van der Waals surface area (Å²) in [5, 5.41) is 9.63. The molecule has 0 aromatic heterocycles. The van der Waals surface area contributed by atoms with Gasteiger partial charge in [-0.2, -0.15) is 0 Å². The second-order valence-electron chi connectivity index (χ2n) is 7.07. The van der Waals surface area contributed by atoms with Gasteiger partial charge in [0.15, 0.2) is 0 Å². The van der Waals surface area contributed by atoms with E-state index in [0.29, 0.717) is 25.3 Å². The minimum absolute atomic E-state index is 0.0619. The van der Waals surface area contributed by atoms with Crippen LogP contribution < -0.4 is 5.32 Å². The van der Waals surface area contributed by atoms with E-state index in [4.69, 9.17) is 9.57 Å². The minimum atomic E-state index is -0.500. The first-order chi connectivity index (χ1) is 12.8. The fourth-order valence-corrected chi connectivity index (χ4v) is 3.65. The molecule has 0 saturated carbocycles. The molecular formula is C21H24N2O3. The van der Waals surface area contributed by atoms with Crippen molar-refractivity contribution in [3.63, 3.8) is 0 Å². The summed E-state index contributed by atoms with van der Waals surface area (Å²) in [5.74, 6) is 0.443. The van der Waals surface area contributed by atoms with E-state index in [1.807, 2.05) is 12.1 Å². The highest BCUT2D eigenvalue weighted by Gasteiger charge is 2.28. The van der Waals surface area contributed by atoms with Gasteiger partial charge in [0.25, 0.3) is 5.91 Å². The van der Waals surface area contributed by atoms with Crippen molar-refractivity contribution >= 4 is 22.4 Å². The Morgan fingerprint density at radius 2 is 1.92 bits per heavy atom.